The van der Waals surface area contributed by atoms with E-state index < -0.39 is 0 Å². The minimum atomic E-state index is 0.727. The fraction of sp³-hybridized carbons (Fsp3) is 0.357. The van der Waals surface area contributed by atoms with Crippen LogP contribution < -0.4 is 10.1 Å². The molecular formula is C14H17N3O. The first-order valence-corrected chi connectivity index (χ1v) is 6.26. The van der Waals surface area contributed by atoms with Gasteiger partial charge in [-0.2, -0.15) is 5.10 Å². The molecule has 1 aromatic carbocycles. The average Bonchev–Trinajstić information content (AvgIpc) is 3.13. The number of benzene rings is 1. The van der Waals surface area contributed by atoms with Crippen LogP contribution in [0.2, 0.25) is 0 Å². The maximum Gasteiger partial charge on any atom is 0.121 e. The Morgan fingerprint density at radius 2 is 2.33 bits per heavy atom. The molecule has 2 aromatic rings. The zero-order valence-electron chi connectivity index (χ0n) is 10.5. The summed E-state index contributed by atoms with van der Waals surface area (Å²) in [4.78, 5) is 0. The van der Waals surface area contributed by atoms with Gasteiger partial charge in [0, 0.05) is 30.4 Å². The van der Waals surface area contributed by atoms with Crippen molar-refractivity contribution in [1.29, 1.82) is 0 Å². The largest absolute Gasteiger partial charge is 0.497 e. The van der Waals surface area contributed by atoms with Gasteiger partial charge in [-0.3, -0.25) is 0 Å². The minimum Gasteiger partial charge on any atom is -0.497 e. The highest BCUT2D eigenvalue weighted by Crippen LogP contribution is 2.20. The zero-order chi connectivity index (χ0) is 12.4. The second-order valence-electron chi connectivity index (χ2n) is 4.65. The molecule has 1 saturated carbocycles. The Morgan fingerprint density at radius 3 is 3.11 bits per heavy atom. The first-order chi connectivity index (χ1) is 8.85. The second-order valence-corrected chi connectivity index (χ2v) is 4.65. The van der Waals surface area contributed by atoms with E-state index in [1.165, 1.54) is 18.4 Å². The number of aromatic nitrogens is 2. The molecular weight excluding hydrogens is 226 g/mol. The molecule has 3 rings (SSSR count). The molecule has 1 fully saturated rings. The quantitative estimate of drug-likeness (QED) is 0.874. The molecule has 0 radical (unpaired) electrons. The maximum atomic E-state index is 5.22. The number of hydrogen-bond acceptors (Lipinski definition) is 3. The number of nitrogens with one attached hydrogen (secondary N) is 1. The van der Waals surface area contributed by atoms with Crippen molar-refractivity contribution < 1.29 is 4.74 Å². The number of rotatable bonds is 5. The molecule has 4 heteroatoms. The van der Waals surface area contributed by atoms with E-state index in [0.29, 0.717) is 0 Å². The highest BCUT2D eigenvalue weighted by molar-refractivity contribution is 5.38. The van der Waals surface area contributed by atoms with Gasteiger partial charge in [0.25, 0.3) is 0 Å². The van der Waals surface area contributed by atoms with E-state index in [0.717, 1.165) is 24.0 Å². The third kappa shape index (κ3) is 2.54. The third-order valence-electron chi connectivity index (χ3n) is 3.13. The molecule has 0 saturated heterocycles. The van der Waals surface area contributed by atoms with Gasteiger partial charge in [-0.25, -0.2) is 4.68 Å². The van der Waals surface area contributed by atoms with E-state index in [1.54, 1.807) is 7.11 Å². The average molecular weight is 243 g/mol. The smallest absolute Gasteiger partial charge is 0.121 e. The number of hydrogen-bond donors (Lipinski definition) is 1. The van der Waals surface area contributed by atoms with Crippen LogP contribution in [0, 0.1) is 0 Å². The van der Waals surface area contributed by atoms with Crippen LogP contribution in [0.25, 0.3) is 5.69 Å². The second kappa shape index (κ2) is 4.82. The monoisotopic (exact) mass is 243 g/mol. The van der Waals surface area contributed by atoms with Gasteiger partial charge >= 0.3 is 0 Å². The summed E-state index contributed by atoms with van der Waals surface area (Å²) in [5.74, 6) is 0.848. The van der Waals surface area contributed by atoms with Crippen molar-refractivity contribution in [3.8, 4) is 11.4 Å². The lowest BCUT2D eigenvalue weighted by Gasteiger charge is -2.04. The molecule has 0 bridgehead atoms. The first kappa shape index (κ1) is 11.3. The van der Waals surface area contributed by atoms with E-state index in [9.17, 15) is 0 Å². The lowest BCUT2D eigenvalue weighted by atomic mass is 10.3. The Bertz CT molecular complexity index is 531. The highest BCUT2D eigenvalue weighted by atomic mass is 16.5. The van der Waals surface area contributed by atoms with Crippen LogP contribution >= 0.6 is 0 Å². The van der Waals surface area contributed by atoms with Crippen molar-refractivity contribution >= 4 is 0 Å². The summed E-state index contributed by atoms with van der Waals surface area (Å²) in [5.41, 5.74) is 2.23. The molecule has 1 aromatic heterocycles. The molecule has 1 aliphatic rings. The Hall–Kier alpha value is -1.81. The van der Waals surface area contributed by atoms with Gasteiger partial charge in [0.15, 0.2) is 0 Å². The van der Waals surface area contributed by atoms with Crippen molar-refractivity contribution in [2.75, 3.05) is 7.11 Å². The Kier molecular flexibility index (Phi) is 3.02. The van der Waals surface area contributed by atoms with Crippen molar-refractivity contribution in [2.24, 2.45) is 0 Å². The summed E-state index contributed by atoms with van der Waals surface area (Å²) >= 11 is 0. The molecule has 0 spiro atoms. The fourth-order valence-electron chi connectivity index (χ4n) is 1.90. The lowest BCUT2D eigenvalue weighted by molar-refractivity contribution is 0.414. The van der Waals surface area contributed by atoms with Gasteiger partial charge in [0.05, 0.1) is 19.0 Å². The third-order valence-corrected chi connectivity index (χ3v) is 3.13. The molecule has 1 N–H and O–H groups in total. The summed E-state index contributed by atoms with van der Waals surface area (Å²) in [5, 5.41) is 7.86. The summed E-state index contributed by atoms with van der Waals surface area (Å²) in [6.45, 7) is 0.897. The van der Waals surface area contributed by atoms with Crippen molar-refractivity contribution in [3.63, 3.8) is 0 Å². The summed E-state index contributed by atoms with van der Waals surface area (Å²) in [6.07, 6.45) is 6.59. The Balaban J connectivity index is 1.74. The predicted octanol–water partition coefficient (Wildman–Crippen LogP) is 2.13. The van der Waals surface area contributed by atoms with Crippen molar-refractivity contribution in [1.82, 2.24) is 15.1 Å². The molecule has 0 atom stereocenters. The van der Waals surface area contributed by atoms with Gasteiger partial charge in [-0.15, -0.1) is 0 Å². The van der Waals surface area contributed by atoms with Gasteiger partial charge in [-0.1, -0.05) is 6.07 Å². The summed E-state index contributed by atoms with van der Waals surface area (Å²) in [7, 11) is 1.67. The minimum absolute atomic E-state index is 0.727. The number of nitrogens with zero attached hydrogens (tertiary/aromatic N) is 2. The van der Waals surface area contributed by atoms with Crippen LogP contribution in [0.3, 0.4) is 0 Å². The summed E-state index contributed by atoms with van der Waals surface area (Å²) in [6, 6.07) is 8.63. The lowest BCUT2D eigenvalue weighted by Crippen LogP contribution is -2.14. The van der Waals surface area contributed by atoms with Crippen molar-refractivity contribution in [2.45, 2.75) is 25.4 Å². The van der Waals surface area contributed by atoms with Gasteiger partial charge in [0.1, 0.15) is 5.75 Å². The van der Waals surface area contributed by atoms with E-state index in [4.69, 9.17) is 4.74 Å². The molecule has 0 amide bonds. The van der Waals surface area contributed by atoms with Crippen LogP contribution in [0.5, 0.6) is 5.75 Å². The highest BCUT2D eigenvalue weighted by Gasteiger charge is 2.20. The molecule has 0 aliphatic heterocycles. The summed E-state index contributed by atoms with van der Waals surface area (Å²) < 4.78 is 7.10. The van der Waals surface area contributed by atoms with E-state index >= 15 is 0 Å². The molecule has 4 nitrogen and oxygen atoms in total. The molecule has 94 valence electrons. The Morgan fingerprint density at radius 1 is 1.44 bits per heavy atom. The zero-order valence-corrected chi connectivity index (χ0v) is 10.5. The van der Waals surface area contributed by atoms with Crippen LogP contribution in [-0.2, 0) is 6.54 Å². The maximum absolute atomic E-state index is 5.22. The Labute approximate surface area is 107 Å². The van der Waals surface area contributed by atoms with Crippen LogP contribution in [-0.4, -0.2) is 22.9 Å². The standard InChI is InChI=1S/C14H17N3O/c1-18-14-4-2-3-13(7-14)17-10-11(9-16-17)8-15-12-5-6-12/h2-4,7,9-10,12,15H,5-6,8H2,1H3. The van der Waals surface area contributed by atoms with E-state index in [2.05, 4.69) is 16.6 Å². The van der Waals surface area contributed by atoms with Crippen LogP contribution in [0.15, 0.2) is 36.7 Å². The van der Waals surface area contributed by atoms with Gasteiger partial charge in [0.2, 0.25) is 0 Å². The predicted molar refractivity (Wildman–Crippen MR) is 70.0 cm³/mol. The van der Waals surface area contributed by atoms with E-state index in [-0.39, 0.29) is 0 Å². The SMILES string of the molecule is COc1cccc(-n2cc(CNC3CC3)cn2)c1. The molecule has 18 heavy (non-hydrogen) atoms. The molecule has 1 heterocycles. The number of methoxy groups -OCH3 is 1. The van der Waals surface area contributed by atoms with E-state index in [1.807, 2.05) is 35.1 Å². The normalized spacial score (nSPS) is 14.7. The van der Waals surface area contributed by atoms with Gasteiger partial charge in [-0.05, 0) is 25.0 Å². The van der Waals surface area contributed by atoms with Gasteiger partial charge < -0.3 is 10.1 Å². The van der Waals surface area contributed by atoms with Crippen LogP contribution in [0.4, 0.5) is 0 Å². The number of ether oxygens (including phenoxy) is 1. The van der Waals surface area contributed by atoms with Crippen LogP contribution in [0.1, 0.15) is 18.4 Å². The van der Waals surface area contributed by atoms with Crippen molar-refractivity contribution in [3.05, 3.63) is 42.2 Å². The molecule has 0 unspecified atom stereocenters. The first-order valence-electron chi connectivity index (χ1n) is 6.26. The fourth-order valence-corrected chi connectivity index (χ4v) is 1.90. The molecule has 1 aliphatic carbocycles. The topological polar surface area (TPSA) is 39.1 Å².